The molecule has 7 atom stereocenters. The van der Waals surface area contributed by atoms with E-state index in [-0.39, 0.29) is 22.9 Å². The minimum Gasteiger partial charge on any atom is -0.389 e. The zero-order valence-electron chi connectivity index (χ0n) is 15.2. The molecule has 3 fully saturated rings. The van der Waals surface area contributed by atoms with Crippen LogP contribution in [-0.2, 0) is 9.59 Å². The molecule has 3 heteroatoms. The number of hydrogen-bond acceptors (Lipinski definition) is 3. The van der Waals surface area contributed by atoms with E-state index in [0.717, 1.165) is 44.9 Å². The fourth-order valence-corrected chi connectivity index (χ4v) is 7.25. The van der Waals surface area contributed by atoms with Crippen LogP contribution in [0.25, 0.3) is 0 Å². The van der Waals surface area contributed by atoms with Gasteiger partial charge in [-0.3, -0.25) is 9.59 Å². The van der Waals surface area contributed by atoms with E-state index in [1.165, 1.54) is 6.08 Å². The average molecular weight is 330 g/mol. The van der Waals surface area contributed by atoms with E-state index in [2.05, 4.69) is 20.8 Å². The van der Waals surface area contributed by atoms with Gasteiger partial charge in [0, 0.05) is 5.41 Å². The zero-order chi connectivity index (χ0) is 17.3. The Morgan fingerprint density at radius 2 is 1.79 bits per heavy atom. The molecule has 24 heavy (non-hydrogen) atoms. The van der Waals surface area contributed by atoms with E-state index in [4.69, 9.17) is 0 Å². The summed E-state index contributed by atoms with van der Waals surface area (Å²) in [6.07, 6.45) is 10.4. The molecule has 0 heterocycles. The highest BCUT2D eigenvalue weighted by atomic mass is 16.3. The van der Waals surface area contributed by atoms with Crippen LogP contribution in [0.4, 0.5) is 0 Å². The van der Waals surface area contributed by atoms with Gasteiger partial charge in [0.1, 0.15) is 0 Å². The third-order valence-corrected chi connectivity index (χ3v) is 8.89. The molecule has 4 rings (SSSR count). The van der Waals surface area contributed by atoms with Gasteiger partial charge in [-0.25, -0.2) is 0 Å². The lowest BCUT2D eigenvalue weighted by Gasteiger charge is -2.59. The summed E-state index contributed by atoms with van der Waals surface area (Å²) < 4.78 is 0. The summed E-state index contributed by atoms with van der Waals surface area (Å²) in [6, 6.07) is 0. The number of carbonyl (C=O) groups excluding carboxylic acids is 2. The molecular formula is C21H30O3. The van der Waals surface area contributed by atoms with Gasteiger partial charge in [-0.1, -0.05) is 26.8 Å². The van der Waals surface area contributed by atoms with Gasteiger partial charge in [0.15, 0.2) is 0 Å². The zero-order valence-corrected chi connectivity index (χ0v) is 15.2. The number of fused-ring (bicyclic) bond motifs is 5. The van der Waals surface area contributed by atoms with Crippen molar-refractivity contribution in [3.05, 3.63) is 12.2 Å². The Bertz CT molecular complexity index is 623. The van der Waals surface area contributed by atoms with Gasteiger partial charge >= 0.3 is 0 Å². The van der Waals surface area contributed by atoms with Crippen molar-refractivity contribution < 1.29 is 14.7 Å². The Balaban J connectivity index is 1.72. The van der Waals surface area contributed by atoms with Crippen LogP contribution in [0.15, 0.2) is 12.2 Å². The summed E-state index contributed by atoms with van der Waals surface area (Å²) in [4.78, 5) is 24.9. The first kappa shape index (κ1) is 16.5. The highest BCUT2D eigenvalue weighted by Gasteiger charge is 2.65. The smallest absolute Gasteiger partial charge is 0.221 e. The monoisotopic (exact) mass is 330 g/mol. The van der Waals surface area contributed by atoms with Crippen molar-refractivity contribution in [3.8, 4) is 0 Å². The molecule has 4 aliphatic carbocycles. The van der Waals surface area contributed by atoms with Gasteiger partial charge in [0.25, 0.3) is 0 Å². The third-order valence-electron chi connectivity index (χ3n) is 8.89. The molecule has 3 nitrogen and oxygen atoms in total. The molecular weight excluding hydrogens is 300 g/mol. The van der Waals surface area contributed by atoms with Crippen LogP contribution in [0.2, 0.25) is 0 Å². The van der Waals surface area contributed by atoms with E-state index in [9.17, 15) is 14.7 Å². The van der Waals surface area contributed by atoms with Crippen LogP contribution >= 0.6 is 0 Å². The van der Waals surface area contributed by atoms with Crippen LogP contribution < -0.4 is 0 Å². The lowest BCUT2D eigenvalue weighted by molar-refractivity contribution is -0.163. The van der Waals surface area contributed by atoms with Gasteiger partial charge < -0.3 is 5.11 Å². The second-order valence-electron chi connectivity index (χ2n) is 9.28. The lowest BCUT2D eigenvalue weighted by Crippen LogP contribution is -2.58. The van der Waals surface area contributed by atoms with Gasteiger partial charge in [-0.05, 0) is 80.1 Å². The molecule has 0 aliphatic heterocycles. The normalized spacial score (nSPS) is 53.5. The lowest BCUT2D eigenvalue weighted by atomic mass is 9.45. The molecule has 0 bridgehead atoms. The Morgan fingerprint density at radius 3 is 2.50 bits per heavy atom. The van der Waals surface area contributed by atoms with Gasteiger partial charge in [0.05, 0.1) is 5.60 Å². The van der Waals surface area contributed by atoms with Gasteiger partial charge in [-0.15, -0.1) is 0 Å². The van der Waals surface area contributed by atoms with Crippen molar-refractivity contribution in [2.45, 2.75) is 71.3 Å². The molecule has 0 aromatic rings. The first-order chi connectivity index (χ1) is 11.3. The van der Waals surface area contributed by atoms with Crippen LogP contribution in [0, 0.1) is 34.5 Å². The number of hydrogen-bond donors (Lipinski definition) is 1. The molecule has 0 amide bonds. The van der Waals surface area contributed by atoms with Crippen LogP contribution in [0.5, 0.6) is 0 Å². The SMILES string of the molecule is CC[C@@]1(O)CC[C@H]2[C@@H]3CCC4C=CC(=O)C(=O)[C@]4(C)[C@H]3CC[C@@]21C. The van der Waals surface area contributed by atoms with E-state index < -0.39 is 11.0 Å². The molecule has 0 aromatic heterocycles. The van der Waals surface area contributed by atoms with E-state index in [1.54, 1.807) is 0 Å². The summed E-state index contributed by atoms with van der Waals surface area (Å²) >= 11 is 0. The maximum absolute atomic E-state index is 12.8. The summed E-state index contributed by atoms with van der Waals surface area (Å²) in [5, 5.41) is 11.2. The van der Waals surface area contributed by atoms with Gasteiger partial charge in [-0.2, -0.15) is 0 Å². The quantitative estimate of drug-likeness (QED) is 0.746. The maximum Gasteiger partial charge on any atom is 0.221 e. The minimum atomic E-state index is -0.549. The summed E-state index contributed by atoms with van der Waals surface area (Å²) in [5.41, 5.74) is -1.08. The molecule has 0 radical (unpaired) electrons. The first-order valence-corrected chi connectivity index (χ1v) is 9.77. The topological polar surface area (TPSA) is 54.4 Å². The summed E-state index contributed by atoms with van der Waals surface area (Å²) in [5.74, 6) is 1.03. The second-order valence-corrected chi connectivity index (χ2v) is 9.28. The van der Waals surface area contributed by atoms with Crippen molar-refractivity contribution in [3.63, 3.8) is 0 Å². The van der Waals surface area contributed by atoms with Crippen molar-refractivity contribution >= 4 is 11.6 Å². The van der Waals surface area contributed by atoms with Crippen molar-refractivity contribution in [1.29, 1.82) is 0 Å². The van der Waals surface area contributed by atoms with Crippen LogP contribution in [0.3, 0.4) is 0 Å². The predicted molar refractivity (Wildman–Crippen MR) is 92.3 cm³/mol. The third kappa shape index (κ3) is 1.77. The number of ketones is 2. The fourth-order valence-electron chi connectivity index (χ4n) is 7.25. The second kappa shape index (κ2) is 5.03. The highest BCUT2D eigenvalue weighted by Crippen LogP contribution is 2.67. The molecule has 1 N–H and O–H groups in total. The summed E-state index contributed by atoms with van der Waals surface area (Å²) in [7, 11) is 0. The number of Topliss-reactive ketones (excluding diaryl/α,β-unsaturated/α-hetero) is 1. The molecule has 3 saturated carbocycles. The average Bonchev–Trinajstić information content (AvgIpc) is 2.84. The molecule has 132 valence electrons. The number of rotatable bonds is 1. The first-order valence-electron chi connectivity index (χ1n) is 9.77. The Morgan fingerprint density at radius 1 is 1.08 bits per heavy atom. The van der Waals surface area contributed by atoms with Crippen molar-refractivity contribution in [1.82, 2.24) is 0 Å². The molecule has 1 unspecified atom stereocenters. The van der Waals surface area contributed by atoms with E-state index in [1.807, 2.05) is 6.08 Å². The number of aliphatic hydroxyl groups is 1. The standard InChI is InChI=1S/C21H30O3/c1-4-21(24)12-10-15-14-7-5-13-6-8-17(22)18(23)20(13,3)16(14)9-11-19(15,21)2/h6,8,13-16,24H,4-5,7,9-12H2,1-3H3/t13?,14-,15-,16-,19-,20-,21+/m0/s1. The number of allylic oxidation sites excluding steroid dienone is 2. The number of carbonyl (C=O) groups is 2. The molecule has 4 aliphatic rings. The fraction of sp³-hybridized carbons (Fsp3) is 0.810. The van der Waals surface area contributed by atoms with E-state index in [0.29, 0.717) is 17.8 Å². The Kier molecular flexibility index (Phi) is 3.46. The van der Waals surface area contributed by atoms with Crippen LogP contribution in [-0.4, -0.2) is 22.3 Å². The highest BCUT2D eigenvalue weighted by molar-refractivity contribution is 6.44. The van der Waals surface area contributed by atoms with Crippen molar-refractivity contribution in [2.24, 2.45) is 34.5 Å². The van der Waals surface area contributed by atoms with Crippen molar-refractivity contribution in [2.75, 3.05) is 0 Å². The Hall–Kier alpha value is -0.960. The van der Waals surface area contributed by atoms with Gasteiger partial charge in [0.2, 0.25) is 11.6 Å². The van der Waals surface area contributed by atoms with Crippen LogP contribution in [0.1, 0.15) is 65.7 Å². The maximum atomic E-state index is 12.8. The minimum absolute atomic E-state index is 0.0241. The molecule has 0 saturated heterocycles. The molecule has 0 spiro atoms. The Labute approximate surface area is 144 Å². The summed E-state index contributed by atoms with van der Waals surface area (Å²) in [6.45, 7) is 6.44. The predicted octanol–water partition coefficient (Wildman–Crippen LogP) is 3.69. The van der Waals surface area contributed by atoms with E-state index >= 15 is 0 Å². The largest absolute Gasteiger partial charge is 0.389 e. The molecule has 0 aromatic carbocycles.